The second-order valence-electron chi connectivity index (χ2n) is 5.24. The first kappa shape index (κ1) is 17.7. The van der Waals surface area contributed by atoms with E-state index in [1.807, 2.05) is 0 Å². The summed E-state index contributed by atoms with van der Waals surface area (Å²) >= 11 is 3.68. The molecular weight excluding hydrogens is 318 g/mol. The smallest absolute Gasteiger partial charge is 0.0738 e. The Bertz CT molecular complexity index is 406. The fraction of sp³-hybridized carbons (Fsp3) is 0.800. The Kier molecular flexibility index (Phi) is 7.77. The highest BCUT2D eigenvalue weighted by atomic mass is 79.9. The van der Waals surface area contributed by atoms with Gasteiger partial charge in [0.1, 0.15) is 0 Å². The molecule has 0 saturated heterocycles. The third-order valence-electron chi connectivity index (χ3n) is 3.71. The minimum atomic E-state index is 0.317. The largest absolute Gasteiger partial charge is 0.382 e. The van der Waals surface area contributed by atoms with E-state index in [0.29, 0.717) is 12.1 Å². The van der Waals surface area contributed by atoms with Crippen molar-refractivity contribution in [3.8, 4) is 0 Å². The first-order valence-electron chi connectivity index (χ1n) is 7.51. The van der Waals surface area contributed by atoms with Gasteiger partial charge >= 0.3 is 0 Å². The molecule has 5 heteroatoms. The Morgan fingerprint density at radius 3 is 2.60 bits per heavy atom. The lowest BCUT2D eigenvalue weighted by Crippen LogP contribution is -2.32. The summed E-state index contributed by atoms with van der Waals surface area (Å²) in [7, 11) is 1.78. The van der Waals surface area contributed by atoms with Gasteiger partial charge < -0.3 is 10.1 Å². The summed E-state index contributed by atoms with van der Waals surface area (Å²) in [5.41, 5.74) is 2.36. The number of aryl methyl sites for hydroxylation is 2. The van der Waals surface area contributed by atoms with Crippen LogP contribution in [0.1, 0.15) is 45.0 Å². The lowest BCUT2D eigenvalue weighted by Gasteiger charge is -2.20. The molecule has 1 rings (SSSR count). The number of likely N-dealkylation sites (N-methyl/N-ethyl adjacent to an activating group) is 1. The Morgan fingerprint density at radius 2 is 2.05 bits per heavy atom. The summed E-state index contributed by atoms with van der Waals surface area (Å²) in [5, 5.41) is 8.15. The van der Waals surface area contributed by atoms with Crippen molar-refractivity contribution in [3.05, 3.63) is 15.9 Å². The first-order valence-corrected chi connectivity index (χ1v) is 8.30. The molecule has 0 bridgehead atoms. The van der Waals surface area contributed by atoms with Crippen LogP contribution >= 0.6 is 15.9 Å². The number of ether oxygens (including phenoxy) is 1. The molecule has 0 amide bonds. The minimum absolute atomic E-state index is 0.317. The van der Waals surface area contributed by atoms with Gasteiger partial charge in [-0.1, -0.05) is 6.92 Å². The standard InChI is InChI=1S/C15H28BrN3O/c1-6-17-13(9-8-11(3)20-5)10-14-15(16)12(4)18-19(14)7-2/h11,13,17H,6-10H2,1-5H3. The molecule has 2 atom stereocenters. The summed E-state index contributed by atoms with van der Waals surface area (Å²) in [6.45, 7) is 10.4. The third kappa shape index (κ3) is 4.86. The van der Waals surface area contributed by atoms with Crippen LogP contribution in [0, 0.1) is 6.92 Å². The molecule has 1 heterocycles. The lowest BCUT2D eigenvalue weighted by molar-refractivity contribution is 0.106. The van der Waals surface area contributed by atoms with Crippen LogP contribution in [0.4, 0.5) is 0 Å². The van der Waals surface area contributed by atoms with Crippen LogP contribution < -0.4 is 5.32 Å². The number of methoxy groups -OCH3 is 1. The maximum absolute atomic E-state index is 5.35. The summed E-state index contributed by atoms with van der Waals surface area (Å²) < 4.78 is 8.60. The summed E-state index contributed by atoms with van der Waals surface area (Å²) in [5.74, 6) is 0. The molecule has 20 heavy (non-hydrogen) atoms. The van der Waals surface area contributed by atoms with Crippen LogP contribution in [-0.2, 0) is 17.7 Å². The fourth-order valence-electron chi connectivity index (χ4n) is 2.42. The van der Waals surface area contributed by atoms with Gasteiger partial charge in [-0.2, -0.15) is 5.10 Å². The molecule has 1 N–H and O–H groups in total. The second-order valence-corrected chi connectivity index (χ2v) is 6.04. The summed E-state index contributed by atoms with van der Waals surface area (Å²) in [4.78, 5) is 0. The number of hydrogen-bond acceptors (Lipinski definition) is 3. The van der Waals surface area contributed by atoms with Gasteiger partial charge in [-0.3, -0.25) is 4.68 Å². The molecule has 0 saturated carbocycles. The predicted octanol–water partition coefficient (Wildman–Crippen LogP) is 3.31. The molecule has 1 aromatic rings. The van der Waals surface area contributed by atoms with Gasteiger partial charge in [0.25, 0.3) is 0 Å². The predicted molar refractivity (Wildman–Crippen MR) is 87.2 cm³/mol. The molecule has 0 aliphatic rings. The quantitative estimate of drug-likeness (QED) is 0.746. The number of hydrogen-bond donors (Lipinski definition) is 1. The Morgan fingerprint density at radius 1 is 1.35 bits per heavy atom. The average molecular weight is 346 g/mol. The second kappa shape index (κ2) is 8.80. The topological polar surface area (TPSA) is 39.1 Å². The summed E-state index contributed by atoms with van der Waals surface area (Å²) in [6, 6.07) is 0.468. The number of aromatic nitrogens is 2. The van der Waals surface area contributed by atoms with Crippen molar-refractivity contribution < 1.29 is 4.74 Å². The Hall–Kier alpha value is -0.390. The normalized spacial score (nSPS) is 14.5. The van der Waals surface area contributed by atoms with Gasteiger partial charge in [-0.25, -0.2) is 0 Å². The molecule has 0 aliphatic heterocycles. The van der Waals surface area contributed by atoms with Gasteiger partial charge in [0.05, 0.1) is 22.0 Å². The molecule has 116 valence electrons. The third-order valence-corrected chi connectivity index (χ3v) is 4.74. The summed E-state index contributed by atoms with van der Waals surface area (Å²) in [6.07, 6.45) is 3.51. The van der Waals surface area contributed by atoms with Crippen LogP contribution in [0.15, 0.2) is 4.47 Å². The zero-order chi connectivity index (χ0) is 15.1. The van der Waals surface area contributed by atoms with E-state index >= 15 is 0 Å². The van der Waals surface area contributed by atoms with Crippen LogP contribution in [0.2, 0.25) is 0 Å². The van der Waals surface area contributed by atoms with E-state index in [4.69, 9.17) is 4.74 Å². The van der Waals surface area contributed by atoms with E-state index in [-0.39, 0.29) is 0 Å². The van der Waals surface area contributed by atoms with Gasteiger partial charge in [-0.15, -0.1) is 0 Å². The number of nitrogens with one attached hydrogen (secondary N) is 1. The van der Waals surface area contributed by atoms with Crippen molar-refractivity contribution in [2.75, 3.05) is 13.7 Å². The maximum atomic E-state index is 5.35. The Labute approximate surface area is 131 Å². The van der Waals surface area contributed by atoms with Crippen molar-refractivity contribution in [1.29, 1.82) is 0 Å². The van der Waals surface area contributed by atoms with E-state index in [1.54, 1.807) is 7.11 Å². The lowest BCUT2D eigenvalue weighted by atomic mass is 10.0. The van der Waals surface area contributed by atoms with Gasteiger partial charge in [-0.05, 0) is 56.1 Å². The number of nitrogens with zero attached hydrogens (tertiary/aromatic N) is 2. The van der Waals surface area contributed by atoms with E-state index in [2.05, 4.69) is 58.7 Å². The van der Waals surface area contributed by atoms with E-state index < -0.39 is 0 Å². The van der Waals surface area contributed by atoms with E-state index in [1.165, 1.54) is 5.69 Å². The van der Waals surface area contributed by atoms with E-state index in [9.17, 15) is 0 Å². The minimum Gasteiger partial charge on any atom is -0.382 e. The van der Waals surface area contributed by atoms with E-state index in [0.717, 1.165) is 42.5 Å². The molecule has 2 unspecified atom stereocenters. The van der Waals surface area contributed by atoms with Gasteiger partial charge in [0.15, 0.2) is 0 Å². The van der Waals surface area contributed by atoms with Crippen molar-refractivity contribution in [2.24, 2.45) is 0 Å². The van der Waals surface area contributed by atoms with Crippen molar-refractivity contribution in [2.45, 2.75) is 65.6 Å². The Balaban J connectivity index is 2.74. The molecule has 0 spiro atoms. The first-order chi connectivity index (χ1) is 9.53. The van der Waals surface area contributed by atoms with Crippen LogP contribution in [0.3, 0.4) is 0 Å². The molecule has 0 radical (unpaired) electrons. The highest BCUT2D eigenvalue weighted by Gasteiger charge is 2.17. The fourth-order valence-corrected chi connectivity index (χ4v) is 2.86. The monoisotopic (exact) mass is 345 g/mol. The number of rotatable bonds is 9. The molecule has 1 aromatic heterocycles. The average Bonchev–Trinajstić information content (AvgIpc) is 2.72. The molecule has 0 aromatic carbocycles. The zero-order valence-electron chi connectivity index (χ0n) is 13.4. The highest BCUT2D eigenvalue weighted by molar-refractivity contribution is 9.10. The van der Waals surface area contributed by atoms with Crippen molar-refractivity contribution in [3.63, 3.8) is 0 Å². The van der Waals surface area contributed by atoms with Crippen molar-refractivity contribution in [1.82, 2.24) is 15.1 Å². The molecule has 4 nitrogen and oxygen atoms in total. The number of halogens is 1. The highest BCUT2D eigenvalue weighted by Crippen LogP contribution is 2.23. The van der Waals surface area contributed by atoms with Gasteiger partial charge in [0.2, 0.25) is 0 Å². The van der Waals surface area contributed by atoms with Crippen LogP contribution in [-0.4, -0.2) is 35.6 Å². The molecule has 0 fully saturated rings. The SMILES string of the molecule is CCNC(CCC(C)OC)Cc1c(Br)c(C)nn1CC. The molecular formula is C15H28BrN3O. The van der Waals surface area contributed by atoms with Crippen LogP contribution in [0.25, 0.3) is 0 Å². The zero-order valence-corrected chi connectivity index (χ0v) is 15.0. The van der Waals surface area contributed by atoms with Gasteiger partial charge in [0, 0.05) is 26.1 Å². The molecule has 0 aliphatic carbocycles. The van der Waals surface area contributed by atoms with Crippen LogP contribution in [0.5, 0.6) is 0 Å². The van der Waals surface area contributed by atoms with Crippen molar-refractivity contribution >= 4 is 15.9 Å². The maximum Gasteiger partial charge on any atom is 0.0738 e.